The number of fused-ring (bicyclic) bond motifs is 3. The van der Waals surface area contributed by atoms with Crippen LogP contribution >= 0.6 is 0 Å². The molecule has 220 valence electrons. The van der Waals surface area contributed by atoms with Crippen molar-refractivity contribution in [2.24, 2.45) is 0 Å². The van der Waals surface area contributed by atoms with Crippen LogP contribution in [0.4, 0.5) is 5.69 Å². The second-order valence-corrected chi connectivity index (χ2v) is 11.5. The Balaban J connectivity index is 1.12. The van der Waals surface area contributed by atoms with E-state index in [2.05, 4.69) is 11.1 Å². The minimum atomic E-state index is -0.409. The Morgan fingerprint density at radius 2 is 1.22 bits per heavy atom. The lowest BCUT2D eigenvalue weighted by Gasteiger charge is -2.11. The number of aryl methyl sites for hydroxylation is 1. The van der Waals surface area contributed by atoms with Gasteiger partial charge in [0.05, 0.1) is 11.1 Å². The fourth-order valence-electron chi connectivity index (χ4n) is 6.17. The van der Waals surface area contributed by atoms with Gasteiger partial charge in [-0.1, -0.05) is 66.7 Å². The van der Waals surface area contributed by atoms with E-state index in [1.54, 1.807) is 18.3 Å². The maximum atomic E-state index is 13.1. The van der Waals surface area contributed by atoms with Gasteiger partial charge in [-0.3, -0.25) is 4.98 Å². The molecule has 0 saturated carbocycles. The van der Waals surface area contributed by atoms with Crippen molar-refractivity contribution in [3.05, 3.63) is 154 Å². The number of rotatable bonds is 4. The van der Waals surface area contributed by atoms with Crippen LogP contribution in [0.2, 0.25) is 0 Å². The van der Waals surface area contributed by atoms with Crippen molar-refractivity contribution in [2.75, 3.05) is 5.73 Å². The molecule has 2 N–H and O–H groups in total. The molecule has 0 aliphatic carbocycles. The second kappa shape index (κ2) is 10.7. The molecule has 46 heavy (non-hydrogen) atoms. The molecule has 3 aromatic heterocycles. The van der Waals surface area contributed by atoms with Gasteiger partial charge in [-0.2, -0.15) is 0 Å². The molecule has 0 fully saturated rings. The first-order valence-corrected chi connectivity index (χ1v) is 14.9. The third kappa shape index (κ3) is 4.73. The molecule has 8 aromatic rings. The second-order valence-electron chi connectivity index (χ2n) is 11.5. The van der Waals surface area contributed by atoms with Crippen LogP contribution in [-0.2, 0) is 0 Å². The summed E-state index contributed by atoms with van der Waals surface area (Å²) in [4.78, 5) is 30.6. The first-order chi connectivity index (χ1) is 22.4. The van der Waals surface area contributed by atoms with E-state index >= 15 is 0 Å². The number of benzene rings is 5. The normalized spacial score (nSPS) is 11.4. The van der Waals surface area contributed by atoms with Crippen LogP contribution in [0.1, 0.15) is 5.56 Å². The highest BCUT2D eigenvalue weighted by atomic mass is 16.4. The number of hydrogen-bond acceptors (Lipinski definition) is 6. The molecule has 8 rings (SSSR count). The lowest BCUT2D eigenvalue weighted by atomic mass is 9.95. The van der Waals surface area contributed by atoms with Crippen molar-refractivity contribution in [3.8, 4) is 44.5 Å². The lowest BCUT2D eigenvalue weighted by molar-refractivity contribution is 0.562. The van der Waals surface area contributed by atoms with Crippen molar-refractivity contribution in [1.29, 1.82) is 0 Å². The van der Waals surface area contributed by atoms with E-state index in [9.17, 15) is 9.59 Å². The molecule has 0 aliphatic rings. The summed E-state index contributed by atoms with van der Waals surface area (Å²) in [5.41, 5.74) is 13.8. The molecule has 0 aliphatic heterocycles. The van der Waals surface area contributed by atoms with Crippen LogP contribution in [0.3, 0.4) is 0 Å². The Morgan fingerprint density at radius 3 is 2.02 bits per heavy atom. The molecule has 0 radical (unpaired) electrons. The molecule has 6 nitrogen and oxygen atoms in total. The highest BCUT2D eigenvalue weighted by molar-refractivity contribution is 5.97. The van der Waals surface area contributed by atoms with Crippen LogP contribution in [-0.4, -0.2) is 4.98 Å². The quantitative estimate of drug-likeness (QED) is 0.123. The van der Waals surface area contributed by atoms with Gasteiger partial charge in [0.2, 0.25) is 0 Å². The summed E-state index contributed by atoms with van der Waals surface area (Å²) < 4.78 is 11.4. The third-order valence-electron chi connectivity index (χ3n) is 8.54. The van der Waals surface area contributed by atoms with E-state index in [4.69, 9.17) is 14.6 Å². The van der Waals surface area contributed by atoms with Gasteiger partial charge < -0.3 is 14.6 Å². The molecule has 0 bridgehead atoms. The van der Waals surface area contributed by atoms with Gasteiger partial charge in [-0.15, -0.1) is 0 Å². The Labute approximate surface area is 263 Å². The summed E-state index contributed by atoms with van der Waals surface area (Å²) in [5, 5.41) is 3.83. The van der Waals surface area contributed by atoms with Crippen LogP contribution in [0.5, 0.6) is 0 Å². The van der Waals surface area contributed by atoms with Crippen molar-refractivity contribution < 1.29 is 8.83 Å². The largest absolute Gasteiger partial charge is 0.422 e. The molecule has 6 heteroatoms. The van der Waals surface area contributed by atoms with Crippen LogP contribution in [0.25, 0.3) is 77.2 Å². The molecular weight excluding hydrogens is 572 g/mol. The molecule has 0 saturated heterocycles. The fraction of sp³-hybridized carbons (Fsp3) is 0.0250. The standard InChI is InChI=1S/C40H26N2O4/c1-23-34-14-13-33(41)20-37(34)46-40(44)38(23)29-8-4-7-27(15-29)32-17-31(21-42-22-32)24-9-11-25(12-10-24)35-18-30-16-26-5-2-3-6-28(26)19-36(30)45-39(35)43/h2-22H,41H2,1H3. The Kier molecular flexibility index (Phi) is 6.36. The molecule has 3 heterocycles. The van der Waals surface area contributed by atoms with Gasteiger partial charge in [-0.25, -0.2) is 9.59 Å². The maximum absolute atomic E-state index is 13.1. The smallest absolute Gasteiger partial charge is 0.344 e. The molecule has 0 atom stereocenters. The average Bonchev–Trinajstić information content (AvgIpc) is 3.07. The number of aromatic nitrogens is 1. The monoisotopic (exact) mass is 598 g/mol. The summed E-state index contributed by atoms with van der Waals surface area (Å²) in [6.07, 6.45) is 3.62. The summed E-state index contributed by atoms with van der Waals surface area (Å²) >= 11 is 0. The third-order valence-corrected chi connectivity index (χ3v) is 8.54. The molecule has 5 aromatic carbocycles. The Morgan fingerprint density at radius 1 is 0.543 bits per heavy atom. The van der Waals surface area contributed by atoms with Gasteiger partial charge >= 0.3 is 11.3 Å². The van der Waals surface area contributed by atoms with Gasteiger partial charge in [0.1, 0.15) is 11.2 Å². The molecular formula is C40H26N2O4. The van der Waals surface area contributed by atoms with E-state index in [-0.39, 0.29) is 5.63 Å². The van der Waals surface area contributed by atoms with Crippen molar-refractivity contribution in [1.82, 2.24) is 4.98 Å². The summed E-state index contributed by atoms with van der Waals surface area (Å²) in [6, 6.07) is 36.9. The van der Waals surface area contributed by atoms with Gasteiger partial charge in [-0.05, 0) is 88.0 Å². The first kappa shape index (κ1) is 27.3. The van der Waals surface area contributed by atoms with E-state index in [0.29, 0.717) is 28.0 Å². The Hall–Kier alpha value is -6.27. The zero-order chi connectivity index (χ0) is 31.4. The average molecular weight is 599 g/mol. The minimum absolute atomic E-state index is 0.376. The van der Waals surface area contributed by atoms with Crippen LogP contribution in [0.15, 0.2) is 146 Å². The van der Waals surface area contributed by atoms with Crippen molar-refractivity contribution in [2.45, 2.75) is 6.92 Å². The highest BCUT2D eigenvalue weighted by Crippen LogP contribution is 2.33. The number of hydrogen-bond donors (Lipinski definition) is 1. The zero-order valence-corrected chi connectivity index (χ0v) is 24.8. The number of pyridine rings is 1. The molecule has 0 spiro atoms. The number of anilines is 1. The summed E-state index contributed by atoms with van der Waals surface area (Å²) in [7, 11) is 0. The predicted molar refractivity (Wildman–Crippen MR) is 185 cm³/mol. The Bertz CT molecular complexity index is 2600. The first-order valence-electron chi connectivity index (χ1n) is 14.9. The number of nitrogen functional groups attached to an aromatic ring is 1. The van der Waals surface area contributed by atoms with Crippen LogP contribution < -0.4 is 17.0 Å². The van der Waals surface area contributed by atoms with E-state index in [0.717, 1.165) is 60.5 Å². The van der Waals surface area contributed by atoms with E-state index < -0.39 is 5.63 Å². The summed E-state index contributed by atoms with van der Waals surface area (Å²) in [5.74, 6) is 0. The van der Waals surface area contributed by atoms with Gasteiger partial charge in [0.15, 0.2) is 0 Å². The van der Waals surface area contributed by atoms with Crippen LogP contribution in [0, 0.1) is 6.92 Å². The molecule has 0 amide bonds. The van der Waals surface area contributed by atoms with E-state index in [1.807, 2.05) is 110 Å². The SMILES string of the molecule is Cc1c(-c2cccc(-c3cncc(-c4ccc(-c5cc6cc7ccccc7cc6oc5=O)cc4)c3)c2)c(=O)oc2cc(N)ccc12. The number of nitrogens with zero attached hydrogens (tertiary/aromatic N) is 1. The zero-order valence-electron chi connectivity index (χ0n) is 24.8. The minimum Gasteiger partial charge on any atom is -0.422 e. The van der Waals surface area contributed by atoms with Crippen molar-refractivity contribution in [3.63, 3.8) is 0 Å². The van der Waals surface area contributed by atoms with Crippen molar-refractivity contribution >= 4 is 38.4 Å². The lowest BCUT2D eigenvalue weighted by Crippen LogP contribution is -2.06. The topological polar surface area (TPSA) is 99.3 Å². The highest BCUT2D eigenvalue weighted by Gasteiger charge is 2.15. The molecule has 0 unspecified atom stereocenters. The maximum Gasteiger partial charge on any atom is 0.344 e. The summed E-state index contributed by atoms with van der Waals surface area (Å²) in [6.45, 7) is 1.92. The fourth-order valence-corrected chi connectivity index (χ4v) is 6.17. The van der Waals surface area contributed by atoms with E-state index in [1.165, 1.54) is 0 Å². The van der Waals surface area contributed by atoms with Gasteiger partial charge in [0.25, 0.3) is 0 Å². The number of nitrogens with two attached hydrogens (primary N) is 1. The predicted octanol–water partition coefficient (Wildman–Crippen LogP) is 9.01. The van der Waals surface area contributed by atoms with Gasteiger partial charge in [0, 0.05) is 46.0 Å².